The van der Waals surface area contributed by atoms with Crippen molar-refractivity contribution in [3.63, 3.8) is 0 Å². The van der Waals surface area contributed by atoms with Crippen molar-refractivity contribution < 1.29 is 0 Å². The molecule has 0 saturated carbocycles. The van der Waals surface area contributed by atoms with Crippen LogP contribution in [0, 0.1) is 11.8 Å². The molecule has 3 rings (SSSR count). The molecular formula is C15H9NS. The van der Waals surface area contributed by atoms with Crippen LogP contribution < -0.4 is 0 Å². The third-order valence-corrected chi connectivity index (χ3v) is 3.15. The summed E-state index contributed by atoms with van der Waals surface area (Å²) in [6, 6.07) is 12.2. The lowest BCUT2D eigenvalue weighted by Gasteiger charge is -1.96. The Hall–Kier alpha value is -2.11. The fourth-order valence-electron chi connectivity index (χ4n) is 1.62. The summed E-state index contributed by atoms with van der Waals surface area (Å²) >= 11 is 1.66. The van der Waals surface area contributed by atoms with E-state index in [4.69, 9.17) is 0 Å². The first-order valence-electron chi connectivity index (χ1n) is 5.31. The molecule has 0 spiro atoms. The van der Waals surface area contributed by atoms with Gasteiger partial charge in [0, 0.05) is 28.1 Å². The molecule has 80 valence electrons. The van der Waals surface area contributed by atoms with Gasteiger partial charge in [0.1, 0.15) is 0 Å². The van der Waals surface area contributed by atoms with Gasteiger partial charge in [-0.1, -0.05) is 30.0 Å². The second-order valence-electron chi connectivity index (χ2n) is 3.68. The van der Waals surface area contributed by atoms with E-state index in [1.54, 1.807) is 11.3 Å². The normalized spacial score (nSPS) is 9.88. The molecule has 17 heavy (non-hydrogen) atoms. The topological polar surface area (TPSA) is 12.9 Å². The van der Waals surface area contributed by atoms with E-state index in [2.05, 4.69) is 29.0 Å². The van der Waals surface area contributed by atoms with Crippen molar-refractivity contribution in [3.05, 3.63) is 64.5 Å². The zero-order valence-corrected chi connectivity index (χ0v) is 9.87. The van der Waals surface area contributed by atoms with Gasteiger partial charge in [-0.3, -0.25) is 4.98 Å². The van der Waals surface area contributed by atoms with Crippen molar-refractivity contribution in [1.29, 1.82) is 0 Å². The van der Waals surface area contributed by atoms with Crippen LogP contribution in [0.4, 0.5) is 0 Å². The standard InChI is InChI=1S/C15H9NS/c1-2-4-15-14(3-1)9-13(10-16-15)6-5-12-7-8-17-11-12/h1-4,7-11H. The van der Waals surface area contributed by atoms with Crippen LogP contribution in [-0.4, -0.2) is 4.98 Å². The maximum atomic E-state index is 4.38. The number of hydrogen-bond donors (Lipinski definition) is 0. The van der Waals surface area contributed by atoms with Crippen molar-refractivity contribution in [2.24, 2.45) is 0 Å². The maximum Gasteiger partial charge on any atom is 0.0702 e. The van der Waals surface area contributed by atoms with Crippen molar-refractivity contribution in [2.75, 3.05) is 0 Å². The molecule has 2 aromatic heterocycles. The molecule has 0 amide bonds. The lowest BCUT2D eigenvalue weighted by Crippen LogP contribution is -1.81. The molecule has 1 aromatic carbocycles. The molecular weight excluding hydrogens is 226 g/mol. The first-order chi connectivity index (χ1) is 8.42. The zero-order chi connectivity index (χ0) is 11.5. The number of aromatic nitrogens is 1. The molecule has 0 atom stereocenters. The van der Waals surface area contributed by atoms with Gasteiger partial charge in [0.15, 0.2) is 0 Å². The molecule has 0 N–H and O–H groups in total. The van der Waals surface area contributed by atoms with Gasteiger partial charge >= 0.3 is 0 Å². The number of hydrogen-bond acceptors (Lipinski definition) is 2. The molecule has 0 bridgehead atoms. The number of pyridine rings is 1. The average Bonchev–Trinajstić information content (AvgIpc) is 2.89. The molecule has 0 radical (unpaired) electrons. The van der Waals surface area contributed by atoms with Gasteiger partial charge in [0.2, 0.25) is 0 Å². The Kier molecular flexibility index (Phi) is 2.61. The number of fused-ring (bicyclic) bond motifs is 1. The van der Waals surface area contributed by atoms with Gasteiger partial charge in [0.05, 0.1) is 5.52 Å². The first kappa shape index (κ1) is 10.1. The van der Waals surface area contributed by atoms with E-state index in [-0.39, 0.29) is 0 Å². The van der Waals surface area contributed by atoms with Gasteiger partial charge < -0.3 is 0 Å². The highest BCUT2D eigenvalue weighted by atomic mass is 32.1. The fraction of sp³-hybridized carbons (Fsp3) is 0. The van der Waals surface area contributed by atoms with Crippen molar-refractivity contribution in [2.45, 2.75) is 0 Å². The summed E-state index contributed by atoms with van der Waals surface area (Å²) in [5, 5.41) is 5.20. The van der Waals surface area contributed by atoms with Crippen LogP contribution in [0.3, 0.4) is 0 Å². The summed E-state index contributed by atoms with van der Waals surface area (Å²) in [5.41, 5.74) is 3.02. The summed E-state index contributed by atoms with van der Waals surface area (Å²) in [6.45, 7) is 0. The van der Waals surface area contributed by atoms with Gasteiger partial charge in [0.25, 0.3) is 0 Å². The largest absolute Gasteiger partial charge is 0.255 e. The van der Waals surface area contributed by atoms with Gasteiger partial charge in [-0.2, -0.15) is 11.3 Å². The Bertz CT molecular complexity index is 702. The highest BCUT2D eigenvalue weighted by Gasteiger charge is 1.94. The van der Waals surface area contributed by atoms with E-state index in [0.29, 0.717) is 0 Å². The molecule has 3 aromatic rings. The average molecular weight is 235 g/mol. The number of nitrogens with zero attached hydrogens (tertiary/aromatic N) is 1. The number of thiophene rings is 1. The van der Waals surface area contributed by atoms with Crippen LogP contribution in [0.25, 0.3) is 10.9 Å². The quantitative estimate of drug-likeness (QED) is 0.541. The minimum atomic E-state index is 0.954. The Balaban J connectivity index is 2.01. The summed E-state index contributed by atoms with van der Waals surface area (Å²) in [6.07, 6.45) is 1.82. The molecule has 0 aliphatic rings. The SMILES string of the molecule is C(#Cc1cnc2ccccc2c1)c1ccsc1. The molecule has 0 unspecified atom stereocenters. The van der Waals surface area contributed by atoms with Crippen LogP contribution in [-0.2, 0) is 0 Å². The zero-order valence-electron chi connectivity index (χ0n) is 9.05. The van der Waals surface area contributed by atoms with E-state index < -0.39 is 0 Å². The van der Waals surface area contributed by atoms with E-state index in [1.807, 2.05) is 41.2 Å². The Morgan fingerprint density at radius 3 is 2.76 bits per heavy atom. The Labute approximate surface area is 104 Å². The molecule has 0 aliphatic carbocycles. The predicted octanol–water partition coefficient (Wildman–Crippen LogP) is 3.70. The highest BCUT2D eigenvalue weighted by Crippen LogP contribution is 2.12. The van der Waals surface area contributed by atoms with Gasteiger partial charge in [-0.15, -0.1) is 0 Å². The fourth-order valence-corrected chi connectivity index (χ4v) is 2.21. The molecule has 2 heteroatoms. The highest BCUT2D eigenvalue weighted by molar-refractivity contribution is 7.08. The minimum absolute atomic E-state index is 0.954. The van der Waals surface area contributed by atoms with Crippen LogP contribution in [0.2, 0.25) is 0 Å². The van der Waals surface area contributed by atoms with Crippen molar-refractivity contribution in [1.82, 2.24) is 4.98 Å². The van der Waals surface area contributed by atoms with Crippen molar-refractivity contribution >= 4 is 22.2 Å². The second kappa shape index (κ2) is 4.40. The summed E-state index contributed by atoms with van der Waals surface area (Å²) in [4.78, 5) is 4.38. The van der Waals surface area contributed by atoms with Crippen LogP contribution >= 0.6 is 11.3 Å². The molecule has 0 saturated heterocycles. The number of para-hydroxylation sites is 1. The van der Waals surface area contributed by atoms with Crippen LogP contribution in [0.5, 0.6) is 0 Å². The van der Waals surface area contributed by atoms with E-state index in [9.17, 15) is 0 Å². The third-order valence-electron chi connectivity index (χ3n) is 2.46. The summed E-state index contributed by atoms with van der Waals surface area (Å²) in [5.74, 6) is 6.26. The lowest BCUT2D eigenvalue weighted by atomic mass is 10.1. The molecule has 0 aliphatic heterocycles. The van der Waals surface area contributed by atoms with Gasteiger partial charge in [-0.05, 0) is 23.6 Å². The second-order valence-corrected chi connectivity index (χ2v) is 4.46. The first-order valence-corrected chi connectivity index (χ1v) is 6.25. The Morgan fingerprint density at radius 2 is 1.88 bits per heavy atom. The van der Waals surface area contributed by atoms with E-state index >= 15 is 0 Å². The molecule has 1 nitrogen and oxygen atoms in total. The smallest absolute Gasteiger partial charge is 0.0702 e. The van der Waals surface area contributed by atoms with Crippen LogP contribution in [0.1, 0.15) is 11.1 Å². The Morgan fingerprint density at radius 1 is 1.00 bits per heavy atom. The van der Waals surface area contributed by atoms with Crippen molar-refractivity contribution in [3.8, 4) is 11.8 Å². The monoisotopic (exact) mass is 235 g/mol. The lowest BCUT2D eigenvalue weighted by molar-refractivity contribution is 1.39. The van der Waals surface area contributed by atoms with Crippen LogP contribution in [0.15, 0.2) is 53.4 Å². The minimum Gasteiger partial charge on any atom is -0.255 e. The van der Waals surface area contributed by atoms with E-state index in [1.165, 1.54) is 0 Å². The molecule has 2 heterocycles. The number of benzene rings is 1. The van der Waals surface area contributed by atoms with Gasteiger partial charge in [-0.25, -0.2) is 0 Å². The third kappa shape index (κ3) is 2.20. The summed E-state index contributed by atoms with van der Waals surface area (Å²) < 4.78 is 0. The maximum absolute atomic E-state index is 4.38. The van der Waals surface area contributed by atoms with E-state index in [0.717, 1.165) is 22.0 Å². The number of rotatable bonds is 0. The molecule has 0 fully saturated rings. The summed E-state index contributed by atoms with van der Waals surface area (Å²) in [7, 11) is 0. The predicted molar refractivity (Wildman–Crippen MR) is 72.0 cm³/mol.